The lowest BCUT2D eigenvalue weighted by molar-refractivity contribution is -0.125. The molecular formula is C19H18BrFN2O2. The minimum absolute atomic E-state index is 0.0517. The maximum atomic E-state index is 13.7. The molecule has 0 bridgehead atoms. The molecule has 2 heterocycles. The number of fused-ring (bicyclic) bond motifs is 1. The van der Waals surface area contributed by atoms with Crippen LogP contribution in [0.2, 0.25) is 0 Å². The highest BCUT2D eigenvalue weighted by molar-refractivity contribution is 9.10. The number of likely N-dealkylation sites (N-methyl/N-ethyl adjacent to an activating group) is 1. The van der Waals surface area contributed by atoms with Crippen molar-refractivity contribution in [2.24, 2.45) is 10.9 Å². The Morgan fingerprint density at radius 2 is 2.08 bits per heavy atom. The normalized spacial score (nSPS) is 25.9. The Kier molecular flexibility index (Phi) is 4.10. The fraction of sp³-hybridized carbons (Fsp3) is 0.421. The lowest BCUT2D eigenvalue weighted by Crippen LogP contribution is -2.38. The van der Waals surface area contributed by atoms with Gasteiger partial charge in [-0.25, -0.2) is 4.39 Å². The summed E-state index contributed by atoms with van der Waals surface area (Å²) in [5, 5.41) is 0. The third-order valence-electron chi connectivity index (χ3n) is 5.34. The van der Waals surface area contributed by atoms with Crippen molar-refractivity contribution in [2.45, 2.75) is 32.1 Å². The van der Waals surface area contributed by atoms with Crippen LogP contribution in [0.3, 0.4) is 0 Å². The Morgan fingerprint density at radius 3 is 2.80 bits per heavy atom. The Hall–Kier alpha value is -1.82. The highest BCUT2D eigenvalue weighted by Crippen LogP contribution is 2.46. The third-order valence-corrected chi connectivity index (χ3v) is 5.95. The van der Waals surface area contributed by atoms with Crippen molar-refractivity contribution in [3.63, 3.8) is 0 Å². The number of aliphatic imine (C=N–C) groups is 1. The Morgan fingerprint density at radius 1 is 1.28 bits per heavy atom. The van der Waals surface area contributed by atoms with Gasteiger partial charge in [0.2, 0.25) is 0 Å². The maximum Gasteiger partial charge on any atom is 0.252 e. The van der Waals surface area contributed by atoms with E-state index >= 15 is 0 Å². The number of nitrogens with zero attached hydrogens (tertiary/aromatic N) is 2. The summed E-state index contributed by atoms with van der Waals surface area (Å²) >= 11 is 3.23. The molecule has 130 valence electrons. The molecule has 2 unspecified atom stereocenters. The number of benzene rings is 1. The first-order valence-electron chi connectivity index (χ1n) is 8.58. The van der Waals surface area contributed by atoms with Gasteiger partial charge in [0.25, 0.3) is 5.91 Å². The molecule has 2 atom stereocenters. The first-order valence-corrected chi connectivity index (χ1v) is 9.38. The maximum absolute atomic E-state index is 13.7. The van der Waals surface area contributed by atoms with E-state index in [1.807, 2.05) is 6.92 Å². The van der Waals surface area contributed by atoms with Gasteiger partial charge in [-0.2, -0.15) is 0 Å². The van der Waals surface area contributed by atoms with Gasteiger partial charge in [0, 0.05) is 30.2 Å². The number of hydrogen-bond acceptors (Lipinski definition) is 3. The molecule has 0 spiro atoms. The fourth-order valence-corrected chi connectivity index (χ4v) is 4.54. The minimum atomic E-state index is -0.398. The van der Waals surface area contributed by atoms with Crippen LogP contribution in [0.1, 0.15) is 37.7 Å². The molecule has 1 aromatic carbocycles. The largest absolute Gasteiger partial charge is 0.333 e. The first kappa shape index (κ1) is 16.6. The van der Waals surface area contributed by atoms with Gasteiger partial charge >= 0.3 is 0 Å². The van der Waals surface area contributed by atoms with Crippen molar-refractivity contribution < 1.29 is 14.0 Å². The predicted octanol–water partition coefficient (Wildman–Crippen LogP) is 3.61. The molecule has 1 aromatic rings. The van der Waals surface area contributed by atoms with Crippen molar-refractivity contribution in [1.82, 2.24) is 4.90 Å². The van der Waals surface area contributed by atoms with E-state index in [1.54, 1.807) is 17.0 Å². The van der Waals surface area contributed by atoms with E-state index in [0.29, 0.717) is 29.6 Å². The Bertz CT molecular complexity index is 846. The number of ketones is 1. The van der Waals surface area contributed by atoms with Gasteiger partial charge in [-0.3, -0.25) is 14.6 Å². The lowest BCUT2D eigenvalue weighted by Gasteiger charge is -2.34. The zero-order valence-corrected chi connectivity index (χ0v) is 15.5. The first-order chi connectivity index (χ1) is 12.0. The quantitative estimate of drug-likeness (QED) is 0.755. The van der Waals surface area contributed by atoms with E-state index in [9.17, 15) is 14.0 Å². The monoisotopic (exact) mass is 404 g/mol. The highest BCUT2D eigenvalue weighted by Gasteiger charge is 2.47. The Labute approximate surface area is 153 Å². The zero-order chi connectivity index (χ0) is 17.7. The summed E-state index contributed by atoms with van der Waals surface area (Å²) in [4.78, 5) is 32.0. The summed E-state index contributed by atoms with van der Waals surface area (Å²) in [6.07, 6.45) is 2.10. The molecular weight excluding hydrogens is 387 g/mol. The molecule has 3 aliphatic rings. The summed E-state index contributed by atoms with van der Waals surface area (Å²) < 4.78 is 14.1. The smallest absolute Gasteiger partial charge is 0.252 e. The van der Waals surface area contributed by atoms with Crippen LogP contribution in [0.4, 0.5) is 4.39 Å². The molecule has 6 heteroatoms. The van der Waals surface area contributed by atoms with Crippen LogP contribution in [-0.4, -0.2) is 35.4 Å². The van der Waals surface area contributed by atoms with E-state index in [0.717, 1.165) is 29.8 Å². The van der Waals surface area contributed by atoms with Crippen molar-refractivity contribution in [2.75, 3.05) is 13.1 Å². The fourth-order valence-electron chi connectivity index (χ4n) is 4.14. The second kappa shape index (κ2) is 6.16. The van der Waals surface area contributed by atoms with Crippen LogP contribution >= 0.6 is 15.9 Å². The summed E-state index contributed by atoms with van der Waals surface area (Å²) in [6.45, 7) is 3.04. The second-order valence-corrected chi connectivity index (χ2v) is 7.59. The van der Waals surface area contributed by atoms with E-state index < -0.39 is 5.92 Å². The number of carbonyl (C=O) groups is 2. The number of rotatable bonds is 2. The van der Waals surface area contributed by atoms with E-state index in [4.69, 9.17) is 4.99 Å². The number of amides is 1. The van der Waals surface area contributed by atoms with Crippen molar-refractivity contribution >= 4 is 33.3 Å². The molecule has 0 saturated heterocycles. The molecule has 1 amide bonds. The van der Waals surface area contributed by atoms with Gasteiger partial charge in [-0.15, -0.1) is 0 Å². The summed E-state index contributed by atoms with van der Waals surface area (Å²) in [5.74, 6) is -1.04. The molecule has 4 rings (SSSR count). The predicted molar refractivity (Wildman–Crippen MR) is 95.9 cm³/mol. The Balaban J connectivity index is 1.88. The standard InChI is InChI=1S/C19H18BrFN2O2/c1-2-23-9-14-18(19(23)25)16(10-6-7-12(21)11(20)8-10)17-13(22-14)4-3-5-15(17)24/h6-8,16-17H,2-5,9H2,1H3. The summed E-state index contributed by atoms with van der Waals surface area (Å²) in [7, 11) is 0. The van der Waals surface area contributed by atoms with Gasteiger partial charge in [-0.05, 0) is 53.4 Å². The van der Waals surface area contributed by atoms with Gasteiger partial charge in [0.1, 0.15) is 11.6 Å². The van der Waals surface area contributed by atoms with Gasteiger partial charge in [0.05, 0.1) is 22.6 Å². The van der Waals surface area contributed by atoms with Crippen molar-refractivity contribution in [3.8, 4) is 0 Å². The number of carbonyl (C=O) groups excluding carboxylic acids is 2. The molecule has 0 aromatic heterocycles. The van der Waals surface area contributed by atoms with Gasteiger partial charge < -0.3 is 4.90 Å². The average molecular weight is 405 g/mol. The SMILES string of the molecule is CCN1CC2=C(C1=O)C(c1ccc(F)c(Br)c1)C1C(=O)CCCC1=N2. The highest BCUT2D eigenvalue weighted by atomic mass is 79.9. The lowest BCUT2D eigenvalue weighted by atomic mass is 9.69. The average Bonchev–Trinajstić information content (AvgIpc) is 2.92. The number of Topliss-reactive ketones (excluding diaryl/α,β-unsaturated/α-hetero) is 1. The van der Waals surface area contributed by atoms with Crippen LogP contribution in [-0.2, 0) is 9.59 Å². The van der Waals surface area contributed by atoms with Gasteiger partial charge in [-0.1, -0.05) is 6.07 Å². The summed E-state index contributed by atoms with van der Waals surface area (Å²) in [6, 6.07) is 4.76. The second-order valence-electron chi connectivity index (χ2n) is 6.73. The number of halogens is 2. The van der Waals surface area contributed by atoms with Crippen LogP contribution in [0.15, 0.2) is 38.9 Å². The molecule has 2 aliphatic heterocycles. The topological polar surface area (TPSA) is 49.7 Å². The molecule has 4 nitrogen and oxygen atoms in total. The van der Waals surface area contributed by atoms with E-state index in [-0.39, 0.29) is 23.4 Å². The molecule has 0 N–H and O–H groups in total. The molecule has 1 saturated carbocycles. The zero-order valence-electron chi connectivity index (χ0n) is 13.9. The van der Waals surface area contributed by atoms with E-state index in [1.165, 1.54) is 6.07 Å². The number of hydrogen-bond donors (Lipinski definition) is 0. The van der Waals surface area contributed by atoms with E-state index in [2.05, 4.69) is 15.9 Å². The van der Waals surface area contributed by atoms with Crippen LogP contribution in [0.5, 0.6) is 0 Å². The molecule has 0 radical (unpaired) electrons. The van der Waals surface area contributed by atoms with Crippen molar-refractivity contribution in [1.29, 1.82) is 0 Å². The van der Waals surface area contributed by atoms with Crippen molar-refractivity contribution in [3.05, 3.63) is 45.3 Å². The molecule has 1 fully saturated rings. The van der Waals surface area contributed by atoms with Crippen LogP contribution < -0.4 is 0 Å². The van der Waals surface area contributed by atoms with Crippen LogP contribution in [0.25, 0.3) is 0 Å². The third kappa shape index (κ3) is 2.58. The summed E-state index contributed by atoms with van der Waals surface area (Å²) in [5.41, 5.74) is 3.06. The minimum Gasteiger partial charge on any atom is -0.333 e. The van der Waals surface area contributed by atoms with Gasteiger partial charge in [0.15, 0.2) is 0 Å². The molecule has 25 heavy (non-hydrogen) atoms. The van der Waals surface area contributed by atoms with Crippen LogP contribution in [0, 0.1) is 11.7 Å². The molecule has 1 aliphatic carbocycles.